The van der Waals surface area contributed by atoms with E-state index in [-0.39, 0.29) is 5.91 Å². The van der Waals surface area contributed by atoms with E-state index in [2.05, 4.69) is 36.9 Å². The summed E-state index contributed by atoms with van der Waals surface area (Å²) in [5, 5.41) is 13.9. The second-order valence-electron chi connectivity index (χ2n) is 4.81. The first-order valence-electron chi connectivity index (χ1n) is 6.33. The van der Waals surface area contributed by atoms with Gasteiger partial charge in [0.1, 0.15) is 0 Å². The van der Waals surface area contributed by atoms with E-state index in [1.807, 2.05) is 25.1 Å². The summed E-state index contributed by atoms with van der Waals surface area (Å²) in [5.41, 5.74) is 2.10. The van der Waals surface area contributed by atoms with Crippen LogP contribution in [-0.4, -0.2) is 34.0 Å². The molecule has 1 aliphatic heterocycles. The number of nitrogens with one attached hydrogen (secondary N) is 2. The molecule has 1 saturated heterocycles. The lowest BCUT2D eigenvalue weighted by atomic mass is 10.2. The number of halogens is 1. The number of benzene rings is 1. The van der Waals surface area contributed by atoms with Crippen LogP contribution in [0.25, 0.3) is 0 Å². The third-order valence-corrected chi connectivity index (χ3v) is 3.81. The molecule has 1 aromatic carbocycles. The molecule has 2 N–H and O–H groups in total. The summed E-state index contributed by atoms with van der Waals surface area (Å²) < 4.78 is 2.72. The highest BCUT2D eigenvalue weighted by atomic mass is 79.9. The first-order valence-corrected chi connectivity index (χ1v) is 7.13. The van der Waals surface area contributed by atoms with Crippen LogP contribution in [0.5, 0.6) is 0 Å². The summed E-state index contributed by atoms with van der Waals surface area (Å²) in [6.07, 6.45) is 1.69. The number of aryl methyl sites for hydroxylation is 1. The van der Waals surface area contributed by atoms with Gasteiger partial charge >= 0.3 is 0 Å². The van der Waals surface area contributed by atoms with Crippen LogP contribution < -0.4 is 10.6 Å². The summed E-state index contributed by atoms with van der Waals surface area (Å²) >= 11 is 3.40. The third kappa shape index (κ3) is 2.59. The fraction of sp³-hybridized carbons (Fsp3) is 0.308. The Labute approximate surface area is 124 Å². The Morgan fingerprint density at radius 3 is 2.95 bits per heavy atom. The molecule has 104 valence electrons. The Hall–Kier alpha value is -1.73. The number of hydrogen-bond acceptors (Lipinski definition) is 4. The highest BCUT2D eigenvalue weighted by Gasteiger charge is 2.21. The van der Waals surface area contributed by atoms with Crippen molar-refractivity contribution in [2.45, 2.75) is 13.0 Å². The van der Waals surface area contributed by atoms with Crippen molar-refractivity contribution in [3.05, 3.63) is 40.1 Å². The molecule has 0 aliphatic carbocycles. The molecule has 1 aliphatic rings. The van der Waals surface area contributed by atoms with Crippen LogP contribution in [-0.2, 0) is 0 Å². The molecule has 1 amide bonds. The van der Waals surface area contributed by atoms with Gasteiger partial charge in [-0.1, -0.05) is 21.1 Å². The monoisotopic (exact) mass is 335 g/mol. The van der Waals surface area contributed by atoms with Crippen molar-refractivity contribution in [2.75, 3.05) is 18.4 Å². The molecule has 2 heterocycles. The maximum atomic E-state index is 12.1. The fourth-order valence-corrected chi connectivity index (χ4v) is 2.45. The van der Waals surface area contributed by atoms with E-state index in [9.17, 15) is 4.79 Å². The minimum atomic E-state index is -0.242. The highest BCUT2D eigenvalue weighted by molar-refractivity contribution is 9.10. The van der Waals surface area contributed by atoms with Gasteiger partial charge in [-0.15, -0.1) is 5.10 Å². The SMILES string of the molecule is Cc1cc(Br)ccc1NC(=O)c1cn(C2CNC2)nn1. The quantitative estimate of drug-likeness (QED) is 0.896. The van der Waals surface area contributed by atoms with Crippen LogP contribution in [0.3, 0.4) is 0 Å². The number of anilines is 1. The van der Waals surface area contributed by atoms with Crippen LogP contribution in [0.15, 0.2) is 28.9 Å². The van der Waals surface area contributed by atoms with E-state index in [0.717, 1.165) is 28.8 Å². The number of aromatic nitrogens is 3. The molecular formula is C13H14BrN5O. The van der Waals surface area contributed by atoms with Crippen molar-refractivity contribution in [3.8, 4) is 0 Å². The van der Waals surface area contributed by atoms with E-state index in [1.165, 1.54) is 0 Å². The van der Waals surface area contributed by atoms with Gasteiger partial charge in [0.2, 0.25) is 0 Å². The van der Waals surface area contributed by atoms with E-state index in [0.29, 0.717) is 11.7 Å². The summed E-state index contributed by atoms with van der Waals surface area (Å²) in [4.78, 5) is 12.1. The molecule has 1 fully saturated rings. The van der Waals surface area contributed by atoms with E-state index >= 15 is 0 Å². The van der Waals surface area contributed by atoms with Gasteiger partial charge in [-0.25, -0.2) is 4.68 Å². The zero-order valence-electron chi connectivity index (χ0n) is 10.9. The summed E-state index contributed by atoms with van der Waals surface area (Å²) in [6, 6.07) is 6.00. The van der Waals surface area contributed by atoms with Gasteiger partial charge in [-0.05, 0) is 30.7 Å². The van der Waals surface area contributed by atoms with Crippen molar-refractivity contribution >= 4 is 27.5 Å². The predicted octanol–water partition coefficient (Wildman–Crippen LogP) is 1.75. The molecule has 3 rings (SSSR count). The van der Waals surface area contributed by atoms with Gasteiger partial charge in [0.05, 0.1) is 12.2 Å². The molecule has 0 spiro atoms. The number of carbonyl (C=O) groups is 1. The Balaban J connectivity index is 1.73. The lowest BCUT2D eigenvalue weighted by molar-refractivity contribution is 0.102. The zero-order valence-corrected chi connectivity index (χ0v) is 12.5. The average molecular weight is 336 g/mol. The van der Waals surface area contributed by atoms with Gasteiger partial charge in [0.25, 0.3) is 5.91 Å². The lowest BCUT2D eigenvalue weighted by Gasteiger charge is -2.26. The lowest BCUT2D eigenvalue weighted by Crippen LogP contribution is -2.43. The van der Waals surface area contributed by atoms with Crippen LogP contribution >= 0.6 is 15.9 Å². The third-order valence-electron chi connectivity index (χ3n) is 3.31. The smallest absolute Gasteiger partial charge is 0.277 e. The Bertz CT molecular complexity index is 650. The molecule has 20 heavy (non-hydrogen) atoms. The Kier molecular flexibility index (Phi) is 3.54. The topological polar surface area (TPSA) is 71.8 Å². The van der Waals surface area contributed by atoms with Crippen molar-refractivity contribution in [1.29, 1.82) is 0 Å². The number of rotatable bonds is 3. The van der Waals surface area contributed by atoms with Crippen LogP contribution in [0.2, 0.25) is 0 Å². The molecule has 7 heteroatoms. The first kappa shape index (κ1) is 13.3. The largest absolute Gasteiger partial charge is 0.320 e. The predicted molar refractivity (Wildman–Crippen MR) is 78.8 cm³/mol. The van der Waals surface area contributed by atoms with Crippen LogP contribution in [0, 0.1) is 6.92 Å². The molecule has 0 atom stereocenters. The second-order valence-corrected chi connectivity index (χ2v) is 5.72. The molecule has 0 unspecified atom stereocenters. The minimum Gasteiger partial charge on any atom is -0.320 e. The van der Waals surface area contributed by atoms with Gasteiger partial charge in [-0.3, -0.25) is 4.79 Å². The molecule has 2 aromatic rings. The van der Waals surface area contributed by atoms with Crippen molar-refractivity contribution in [2.24, 2.45) is 0 Å². The van der Waals surface area contributed by atoms with Gasteiger partial charge < -0.3 is 10.6 Å². The summed E-state index contributed by atoms with van der Waals surface area (Å²) in [7, 11) is 0. The first-order chi connectivity index (χ1) is 9.63. The zero-order chi connectivity index (χ0) is 14.1. The molecule has 6 nitrogen and oxygen atoms in total. The number of nitrogens with zero attached hydrogens (tertiary/aromatic N) is 3. The maximum Gasteiger partial charge on any atom is 0.277 e. The molecule has 0 saturated carbocycles. The van der Waals surface area contributed by atoms with E-state index in [4.69, 9.17) is 0 Å². The number of carbonyl (C=O) groups excluding carboxylic acids is 1. The fourth-order valence-electron chi connectivity index (χ4n) is 1.97. The van der Waals surface area contributed by atoms with Crippen LogP contribution in [0.4, 0.5) is 5.69 Å². The highest BCUT2D eigenvalue weighted by Crippen LogP contribution is 2.20. The Morgan fingerprint density at radius 1 is 1.50 bits per heavy atom. The minimum absolute atomic E-state index is 0.242. The molecule has 1 aromatic heterocycles. The molecule has 0 radical (unpaired) electrons. The van der Waals surface area contributed by atoms with E-state index in [1.54, 1.807) is 10.9 Å². The average Bonchev–Trinajstić information content (AvgIpc) is 2.80. The molecule has 0 bridgehead atoms. The van der Waals surface area contributed by atoms with Crippen LogP contribution in [0.1, 0.15) is 22.1 Å². The second kappa shape index (κ2) is 5.34. The van der Waals surface area contributed by atoms with Gasteiger partial charge in [-0.2, -0.15) is 0 Å². The van der Waals surface area contributed by atoms with Crippen molar-refractivity contribution < 1.29 is 4.79 Å². The number of hydrogen-bond donors (Lipinski definition) is 2. The van der Waals surface area contributed by atoms with Gasteiger partial charge in [0.15, 0.2) is 5.69 Å². The summed E-state index contributed by atoms with van der Waals surface area (Å²) in [5.74, 6) is -0.242. The van der Waals surface area contributed by atoms with Gasteiger partial charge in [0, 0.05) is 23.2 Å². The van der Waals surface area contributed by atoms with E-state index < -0.39 is 0 Å². The Morgan fingerprint density at radius 2 is 2.30 bits per heavy atom. The van der Waals surface area contributed by atoms with Crippen molar-refractivity contribution in [1.82, 2.24) is 20.3 Å². The maximum absolute atomic E-state index is 12.1. The summed E-state index contributed by atoms with van der Waals surface area (Å²) in [6.45, 7) is 3.68. The van der Waals surface area contributed by atoms with Crippen molar-refractivity contribution in [3.63, 3.8) is 0 Å². The number of amides is 1. The standard InChI is InChI=1S/C13H14BrN5O/c1-8-4-9(14)2-3-11(8)16-13(20)12-7-19(18-17-12)10-5-15-6-10/h2-4,7,10,15H,5-6H2,1H3,(H,16,20). The molecular weight excluding hydrogens is 322 g/mol. The normalized spacial score (nSPS) is 14.9.